The Morgan fingerprint density at radius 2 is 1.96 bits per heavy atom. The third-order valence-corrected chi connectivity index (χ3v) is 6.60. The predicted molar refractivity (Wildman–Crippen MR) is 98.8 cm³/mol. The molecule has 2 heterocycles. The first-order valence-electron chi connectivity index (χ1n) is 8.42. The quantitative estimate of drug-likeness (QED) is 0.717. The fourth-order valence-corrected chi connectivity index (χ4v) is 4.75. The normalized spacial score (nSPS) is 15.9. The van der Waals surface area contributed by atoms with Crippen molar-refractivity contribution in [2.45, 2.75) is 24.7 Å². The van der Waals surface area contributed by atoms with Crippen LogP contribution in [-0.2, 0) is 10.0 Å². The summed E-state index contributed by atoms with van der Waals surface area (Å²) in [6, 6.07) is 12.2. The van der Waals surface area contributed by atoms with Gasteiger partial charge in [0.15, 0.2) is 5.78 Å². The highest BCUT2D eigenvalue weighted by Gasteiger charge is 2.39. The Labute approximate surface area is 151 Å². The summed E-state index contributed by atoms with van der Waals surface area (Å²) in [4.78, 5) is 19.5. The smallest absolute Gasteiger partial charge is 0.243 e. The van der Waals surface area contributed by atoms with Crippen LogP contribution in [0.3, 0.4) is 0 Å². The van der Waals surface area contributed by atoms with Gasteiger partial charge in [0.05, 0.1) is 15.9 Å². The van der Waals surface area contributed by atoms with Crippen LogP contribution in [0.5, 0.6) is 0 Å². The maximum atomic E-state index is 12.8. The van der Waals surface area contributed by atoms with Crippen molar-refractivity contribution in [2.75, 3.05) is 13.1 Å². The molecule has 1 fully saturated rings. The van der Waals surface area contributed by atoms with Gasteiger partial charge in [0, 0.05) is 24.6 Å². The number of hydrogen-bond acceptors (Lipinski definition) is 4. The second kappa shape index (κ2) is 6.03. The number of aromatic amines is 1. The summed E-state index contributed by atoms with van der Waals surface area (Å²) in [5.74, 6) is 0.712. The van der Waals surface area contributed by atoms with Crippen LogP contribution in [-0.4, -0.2) is 41.6 Å². The molecule has 0 bridgehead atoms. The summed E-state index contributed by atoms with van der Waals surface area (Å²) < 4.78 is 27.0. The number of aromatic nitrogens is 2. The van der Waals surface area contributed by atoms with Gasteiger partial charge in [0.2, 0.25) is 10.0 Å². The van der Waals surface area contributed by atoms with E-state index in [-0.39, 0.29) is 16.6 Å². The van der Waals surface area contributed by atoms with E-state index >= 15 is 0 Å². The van der Waals surface area contributed by atoms with E-state index in [1.165, 1.54) is 23.4 Å². The second-order valence-electron chi connectivity index (χ2n) is 6.75. The minimum atomic E-state index is -3.60. The summed E-state index contributed by atoms with van der Waals surface area (Å²) in [6.07, 6.45) is 0. The number of nitrogens with one attached hydrogen (secondary N) is 1. The Hall–Kier alpha value is -2.51. The maximum Gasteiger partial charge on any atom is 0.243 e. The monoisotopic (exact) mass is 369 g/mol. The van der Waals surface area contributed by atoms with Crippen LogP contribution in [0.15, 0.2) is 47.4 Å². The zero-order chi connectivity index (χ0) is 18.5. The Bertz CT molecular complexity index is 1110. The van der Waals surface area contributed by atoms with Gasteiger partial charge in [-0.15, -0.1) is 0 Å². The number of nitrogens with zero attached hydrogens (tertiary/aromatic N) is 2. The zero-order valence-corrected chi connectivity index (χ0v) is 15.4. The lowest BCUT2D eigenvalue weighted by Gasteiger charge is -2.36. The fourth-order valence-electron chi connectivity index (χ4n) is 3.17. The molecular formula is C19H19N3O3S. The molecule has 6 nitrogen and oxygen atoms in total. The third kappa shape index (κ3) is 2.83. The van der Waals surface area contributed by atoms with Crippen LogP contribution in [0.4, 0.5) is 0 Å². The molecule has 2 aromatic carbocycles. The topological polar surface area (TPSA) is 83.1 Å². The van der Waals surface area contributed by atoms with E-state index in [1.54, 1.807) is 12.1 Å². The lowest BCUT2D eigenvalue weighted by molar-refractivity contribution is 0.101. The number of fused-ring (bicyclic) bond motifs is 1. The number of Topliss-reactive ketones (excluding diaryl/α,β-unsaturated/α-hetero) is 1. The number of carbonyl (C=O) groups is 1. The molecule has 1 aliphatic heterocycles. The van der Waals surface area contributed by atoms with Gasteiger partial charge in [0.25, 0.3) is 0 Å². The number of hydrogen-bond donors (Lipinski definition) is 1. The van der Waals surface area contributed by atoms with Gasteiger partial charge in [-0.1, -0.05) is 18.2 Å². The summed E-state index contributed by atoms with van der Waals surface area (Å²) in [6.45, 7) is 4.21. The first-order chi connectivity index (χ1) is 12.3. The van der Waals surface area contributed by atoms with Crippen molar-refractivity contribution < 1.29 is 13.2 Å². The number of H-pyrrole nitrogens is 1. The number of benzene rings is 2. The Balaban J connectivity index is 1.54. The van der Waals surface area contributed by atoms with E-state index in [0.717, 1.165) is 22.4 Å². The van der Waals surface area contributed by atoms with Gasteiger partial charge in [-0.25, -0.2) is 13.4 Å². The molecule has 0 aliphatic carbocycles. The lowest BCUT2D eigenvalue weighted by atomic mass is 10.0. The number of sulfonamides is 1. The molecule has 0 atom stereocenters. The van der Waals surface area contributed by atoms with E-state index in [2.05, 4.69) is 9.97 Å². The largest absolute Gasteiger partial charge is 0.342 e. The summed E-state index contributed by atoms with van der Waals surface area (Å²) in [7, 11) is -3.60. The van der Waals surface area contributed by atoms with Gasteiger partial charge in [-0.3, -0.25) is 4.79 Å². The summed E-state index contributed by atoms with van der Waals surface area (Å²) in [5, 5.41) is 0. The molecule has 26 heavy (non-hydrogen) atoms. The van der Waals surface area contributed by atoms with Gasteiger partial charge in [-0.05, 0) is 43.7 Å². The van der Waals surface area contributed by atoms with Crippen LogP contribution in [0.25, 0.3) is 11.0 Å². The Kier molecular flexibility index (Phi) is 3.93. The molecule has 1 aromatic heterocycles. The SMILES string of the molecule is CC(=O)c1cccc(S(=O)(=O)N2CC(c3nc4ccc(C)cc4[nH]3)C2)c1. The molecule has 0 saturated carbocycles. The van der Waals surface area contributed by atoms with Crippen LogP contribution < -0.4 is 0 Å². The molecule has 0 amide bonds. The molecule has 7 heteroatoms. The first-order valence-corrected chi connectivity index (χ1v) is 9.86. The lowest BCUT2D eigenvalue weighted by Crippen LogP contribution is -2.48. The van der Waals surface area contributed by atoms with Gasteiger partial charge in [0.1, 0.15) is 5.82 Å². The van der Waals surface area contributed by atoms with E-state index in [0.29, 0.717) is 18.7 Å². The van der Waals surface area contributed by atoms with Crippen LogP contribution in [0, 0.1) is 6.92 Å². The van der Waals surface area contributed by atoms with Crippen LogP contribution in [0.2, 0.25) is 0 Å². The zero-order valence-electron chi connectivity index (χ0n) is 14.6. The van der Waals surface area contributed by atoms with Crippen molar-refractivity contribution in [1.29, 1.82) is 0 Å². The average molecular weight is 369 g/mol. The number of rotatable bonds is 4. The molecule has 1 aliphatic rings. The molecule has 1 N–H and O–H groups in total. The minimum absolute atomic E-state index is 0.0495. The molecule has 0 radical (unpaired) electrons. The molecule has 0 spiro atoms. The molecule has 4 rings (SSSR count). The molecule has 0 unspecified atom stereocenters. The van der Waals surface area contributed by atoms with E-state index < -0.39 is 10.0 Å². The van der Waals surface area contributed by atoms with Crippen molar-refractivity contribution >= 4 is 26.8 Å². The highest BCUT2D eigenvalue weighted by Crippen LogP contribution is 2.32. The van der Waals surface area contributed by atoms with Crippen molar-refractivity contribution in [3.8, 4) is 0 Å². The highest BCUT2D eigenvalue weighted by molar-refractivity contribution is 7.89. The number of ketones is 1. The highest BCUT2D eigenvalue weighted by atomic mass is 32.2. The van der Waals surface area contributed by atoms with Crippen LogP contribution in [0.1, 0.15) is 34.6 Å². The Morgan fingerprint density at radius 1 is 1.19 bits per heavy atom. The maximum absolute atomic E-state index is 12.8. The van der Waals surface area contributed by atoms with E-state index in [9.17, 15) is 13.2 Å². The molecule has 3 aromatic rings. The number of imidazole rings is 1. The van der Waals surface area contributed by atoms with Gasteiger partial charge >= 0.3 is 0 Å². The Morgan fingerprint density at radius 3 is 2.69 bits per heavy atom. The first kappa shape index (κ1) is 16.9. The average Bonchev–Trinajstić information content (AvgIpc) is 2.95. The molecular weight excluding hydrogens is 350 g/mol. The minimum Gasteiger partial charge on any atom is -0.342 e. The second-order valence-corrected chi connectivity index (χ2v) is 8.68. The van der Waals surface area contributed by atoms with Crippen molar-refractivity contribution in [3.63, 3.8) is 0 Å². The fraction of sp³-hybridized carbons (Fsp3) is 0.263. The van der Waals surface area contributed by atoms with Gasteiger partial charge in [-0.2, -0.15) is 4.31 Å². The molecule has 134 valence electrons. The third-order valence-electron chi connectivity index (χ3n) is 4.77. The van der Waals surface area contributed by atoms with Crippen molar-refractivity contribution in [3.05, 3.63) is 59.4 Å². The van der Waals surface area contributed by atoms with E-state index in [1.807, 2.05) is 25.1 Å². The number of aryl methyl sites for hydroxylation is 1. The summed E-state index contributed by atoms with van der Waals surface area (Å²) in [5.41, 5.74) is 3.41. The molecule has 1 saturated heterocycles. The van der Waals surface area contributed by atoms with E-state index in [4.69, 9.17) is 0 Å². The summed E-state index contributed by atoms with van der Waals surface area (Å²) >= 11 is 0. The van der Waals surface area contributed by atoms with Crippen molar-refractivity contribution in [2.24, 2.45) is 0 Å². The number of carbonyl (C=O) groups excluding carboxylic acids is 1. The predicted octanol–water partition coefficient (Wildman–Crippen LogP) is 2.86. The van der Waals surface area contributed by atoms with Crippen molar-refractivity contribution in [1.82, 2.24) is 14.3 Å². The van der Waals surface area contributed by atoms with Gasteiger partial charge < -0.3 is 4.98 Å². The van der Waals surface area contributed by atoms with Crippen LogP contribution >= 0.6 is 0 Å². The standard InChI is InChI=1S/C19H19N3O3S/c1-12-6-7-17-18(8-12)21-19(20-17)15-10-22(11-15)26(24,25)16-5-3-4-14(9-16)13(2)23/h3-9,15H,10-11H2,1-2H3,(H,20,21).